The lowest BCUT2D eigenvalue weighted by Crippen LogP contribution is -2.30. The Morgan fingerprint density at radius 3 is 2.78 bits per heavy atom. The van der Waals surface area contributed by atoms with Crippen molar-refractivity contribution < 1.29 is 14.0 Å². The van der Waals surface area contributed by atoms with Gasteiger partial charge >= 0.3 is 0 Å². The third-order valence-electron chi connectivity index (χ3n) is 4.11. The number of aliphatic imine (C=N–C) groups is 1. The second kappa shape index (κ2) is 8.10. The Hall–Kier alpha value is -2.38. The van der Waals surface area contributed by atoms with Crippen LogP contribution in [0, 0.1) is 12.7 Å². The smallest absolute Gasteiger partial charge is 0.242 e. The average molecular weight is 406 g/mol. The molecule has 1 N–H and O–H groups in total. The number of halogens is 2. The van der Waals surface area contributed by atoms with Gasteiger partial charge in [0.1, 0.15) is 11.1 Å². The number of carbonyl (C=O) groups is 2. The highest BCUT2D eigenvalue weighted by Crippen LogP contribution is 2.33. The van der Waals surface area contributed by atoms with Crippen molar-refractivity contribution in [2.45, 2.75) is 18.6 Å². The Kier molecular flexibility index (Phi) is 5.82. The standard InChI is InChI=1S/C19H17ClFN3O2S/c1-11-12(20)6-5-9-14(11)23-19-24(2)18(26)16(27-19)10-17(25)22-15-8-4-3-7-13(15)21/h3-9,16H,10H2,1-2H3,(H,22,25)/t16-/m1/s1. The van der Waals surface area contributed by atoms with Gasteiger partial charge in [-0.3, -0.25) is 14.5 Å². The van der Waals surface area contributed by atoms with Crippen molar-refractivity contribution in [2.24, 2.45) is 4.99 Å². The topological polar surface area (TPSA) is 61.8 Å². The molecule has 2 aromatic rings. The van der Waals surface area contributed by atoms with Crippen LogP contribution in [0.4, 0.5) is 15.8 Å². The quantitative estimate of drug-likeness (QED) is 0.821. The van der Waals surface area contributed by atoms with Crippen LogP contribution in [0.2, 0.25) is 5.02 Å². The fraction of sp³-hybridized carbons (Fsp3) is 0.211. The second-order valence-electron chi connectivity index (χ2n) is 6.01. The lowest BCUT2D eigenvalue weighted by Gasteiger charge is -2.10. The van der Waals surface area contributed by atoms with Gasteiger partial charge in [-0.25, -0.2) is 9.38 Å². The summed E-state index contributed by atoms with van der Waals surface area (Å²) in [5.41, 5.74) is 1.57. The summed E-state index contributed by atoms with van der Waals surface area (Å²) < 4.78 is 13.7. The summed E-state index contributed by atoms with van der Waals surface area (Å²) in [6.45, 7) is 1.85. The molecule has 1 saturated heterocycles. The van der Waals surface area contributed by atoms with Crippen LogP contribution in [-0.4, -0.2) is 34.2 Å². The first-order chi connectivity index (χ1) is 12.9. The lowest BCUT2D eigenvalue weighted by atomic mass is 10.2. The monoisotopic (exact) mass is 405 g/mol. The molecule has 5 nitrogen and oxygen atoms in total. The van der Waals surface area contributed by atoms with Crippen LogP contribution in [-0.2, 0) is 9.59 Å². The molecule has 0 unspecified atom stereocenters. The number of rotatable bonds is 4. The van der Waals surface area contributed by atoms with Crippen LogP contribution in [0.5, 0.6) is 0 Å². The van der Waals surface area contributed by atoms with Gasteiger partial charge in [-0.1, -0.05) is 41.6 Å². The molecule has 0 aromatic heterocycles. The van der Waals surface area contributed by atoms with E-state index in [0.717, 1.165) is 5.56 Å². The number of hydrogen-bond donors (Lipinski definition) is 1. The number of benzene rings is 2. The molecule has 0 saturated carbocycles. The summed E-state index contributed by atoms with van der Waals surface area (Å²) in [6.07, 6.45) is -0.0737. The number of amidine groups is 1. The first kappa shape index (κ1) is 19.4. The van der Waals surface area contributed by atoms with Crippen molar-refractivity contribution in [3.8, 4) is 0 Å². The third kappa shape index (κ3) is 4.31. The fourth-order valence-corrected chi connectivity index (χ4v) is 3.87. The Balaban J connectivity index is 1.72. The molecule has 0 aliphatic carbocycles. The predicted molar refractivity (Wildman–Crippen MR) is 107 cm³/mol. The first-order valence-corrected chi connectivity index (χ1v) is 9.45. The molecule has 3 rings (SSSR count). The van der Waals surface area contributed by atoms with Crippen LogP contribution in [0.25, 0.3) is 0 Å². The van der Waals surface area contributed by atoms with Crippen molar-refractivity contribution in [3.05, 3.63) is 58.9 Å². The van der Waals surface area contributed by atoms with E-state index in [9.17, 15) is 14.0 Å². The van der Waals surface area contributed by atoms with Crippen molar-refractivity contribution in [1.82, 2.24) is 4.90 Å². The van der Waals surface area contributed by atoms with Crippen LogP contribution in [0.1, 0.15) is 12.0 Å². The van der Waals surface area contributed by atoms with E-state index in [1.165, 1.54) is 34.9 Å². The third-order valence-corrected chi connectivity index (χ3v) is 5.75. The molecule has 1 fully saturated rings. The Bertz CT molecular complexity index is 935. The Morgan fingerprint density at radius 1 is 1.30 bits per heavy atom. The molecule has 0 spiro atoms. The summed E-state index contributed by atoms with van der Waals surface area (Å²) in [6, 6.07) is 11.3. The van der Waals surface area contributed by atoms with Gasteiger partial charge in [0.05, 0.1) is 11.4 Å². The molecule has 0 bridgehead atoms. The van der Waals surface area contributed by atoms with Crippen molar-refractivity contribution in [1.29, 1.82) is 0 Å². The van der Waals surface area contributed by atoms with Gasteiger partial charge in [-0.15, -0.1) is 0 Å². The van der Waals surface area contributed by atoms with Gasteiger partial charge in [0.25, 0.3) is 0 Å². The van der Waals surface area contributed by atoms with Gasteiger partial charge in [0, 0.05) is 18.5 Å². The van der Waals surface area contributed by atoms with E-state index in [-0.39, 0.29) is 18.0 Å². The van der Waals surface area contributed by atoms with Gasteiger partial charge < -0.3 is 5.32 Å². The zero-order valence-electron chi connectivity index (χ0n) is 14.7. The first-order valence-electron chi connectivity index (χ1n) is 8.19. The molecular weight excluding hydrogens is 389 g/mol. The van der Waals surface area contributed by atoms with Gasteiger partial charge in [-0.05, 0) is 36.8 Å². The van der Waals surface area contributed by atoms with Crippen LogP contribution >= 0.6 is 23.4 Å². The lowest BCUT2D eigenvalue weighted by molar-refractivity contribution is -0.127. The van der Waals surface area contributed by atoms with E-state index >= 15 is 0 Å². The SMILES string of the molecule is Cc1c(Cl)cccc1N=C1S[C@H](CC(=O)Nc2ccccc2F)C(=O)N1C. The number of thioether (sulfide) groups is 1. The number of anilines is 1. The van der Waals surface area contributed by atoms with E-state index in [1.807, 2.05) is 13.0 Å². The minimum atomic E-state index is -0.611. The molecule has 2 aromatic carbocycles. The molecule has 8 heteroatoms. The van der Waals surface area contributed by atoms with Crippen molar-refractivity contribution in [3.63, 3.8) is 0 Å². The van der Waals surface area contributed by atoms with Crippen molar-refractivity contribution in [2.75, 3.05) is 12.4 Å². The highest BCUT2D eigenvalue weighted by Gasteiger charge is 2.37. The second-order valence-corrected chi connectivity index (χ2v) is 7.59. The zero-order valence-corrected chi connectivity index (χ0v) is 16.3. The molecule has 1 atom stereocenters. The summed E-state index contributed by atoms with van der Waals surface area (Å²) >= 11 is 7.32. The number of hydrogen-bond acceptors (Lipinski definition) is 4. The number of carbonyl (C=O) groups excluding carboxylic acids is 2. The highest BCUT2D eigenvalue weighted by atomic mass is 35.5. The van der Waals surface area contributed by atoms with Crippen LogP contribution in [0.15, 0.2) is 47.5 Å². The maximum atomic E-state index is 13.7. The highest BCUT2D eigenvalue weighted by molar-refractivity contribution is 8.15. The number of amides is 2. The van der Waals surface area contributed by atoms with Gasteiger partial charge in [0.2, 0.25) is 11.8 Å². The average Bonchev–Trinajstić information content (AvgIpc) is 2.89. The van der Waals surface area contributed by atoms with E-state index in [4.69, 9.17) is 11.6 Å². The fourth-order valence-electron chi connectivity index (χ4n) is 2.55. The largest absolute Gasteiger partial charge is 0.324 e. The molecule has 1 aliphatic heterocycles. The van der Waals surface area contributed by atoms with Crippen molar-refractivity contribution >= 4 is 51.7 Å². The van der Waals surface area contributed by atoms with Crippen LogP contribution < -0.4 is 5.32 Å². The van der Waals surface area contributed by atoms with E-state index in [2.05, 4.69) is 10.3 Å². The van der Waals surface area contributed by atoms with E-state index < -0.39 is 17.0 Å². The molecule has 140 valence electrons. The van der Waals surface area contributed by atoms with Gasteiger partial charge in [0.15, 0.2) is 5.17 Å². The maximum Gasteiger partial charge on any atom is 0.242 e. The number of para-hydroxylation sites is 1. The molecule has 1 aliphatic rings. The summed E-state index contributed by atoms with van der Waals surface area (Å²) in [5.74, 6) is -1.17. The predicted octanol–water partition coefficient (Wildman–Crippen LogP) is 4.38. The summed E-state index contributed by atoms with van der Waals surface area (Å²) in [7, 11) is 1.61. The molecular formula is C19H17ClFN3O2S. The number of nitrogens with one attached hydrogen (secondary N) is 1. The van der Waals surface area contributed by atoms with E-state index in [1.54, 1.807) is 25.2 Å². The Labute approximate surface area is 165 Å². The molecule has 0 radical (unpaired) electrons. The normalized spacial score (nSPS) is 18.2. The summed E-state index contributed by atoms with van der Waals surface area (Å²) in [4.78, 5) is 30.6. The molecule has 27 heavy (non-hydrogen) atoms. The minimum Gasteiger partial charge on any atom is -0.324 e. The molecule has 2 amide bonds. The zero-order chi connectivity index (χ0) is 19.6. The minimum absolute atomic E-state index is 0.0737. The van der Waals surface area contributed by atoms with Crippen LogP contribution in [0.3, 0.4) is 0 Å². The molecule has 1 heterocycles. The maximum absolute atomic E-state index is 13.7. The summed E-state index contributed by atoms with van der Waals surface area (Å²) in [5, 5.41) is 2.97. The van der Waals surface area contributed by atoms with E-state index in [0.29, 0.717) is 15.9 Å². The Morgan fingerprint density at radius 2 is 2.04 bits per heavy atom. The van der Waals surface area contributed by atoms with Gasteiger partial charge in [-0.2, -0.15) is 0 Å². The number of nitrogens with zero attached hydrogens (tertiary/aromatic N) is 2.